The van der Waals surface area contributed by atoms with Crippen LogP contribution in [0.1, 0.15) is 5.76 Å². The second-order valence-electron chi connectivity index (χ2n) is 4.13. The van der Waals surface area contributed by atoms with Crippen molar-refractivity contribution in [2.75, 3.05) is 0 Å². The molecule has 1 N–H and O–H groups in total. The monoisotopic (exact) mass is 224 g/mol. The van der Waals surface area contributed by atoms with Gasteiger partial charge < -0.3 is 9.52 Å². The third kappa shape index (κ3) is 1.68. The zero-order chi connectivity index (χ0) is 11.8. The Hall–Kier alpha value is -2.22. The Morgan fingerprint density at radius 3 is 2.65 bits per heavy atom. The largest absolute Gasteiger partial charge is 0.507 e. The summed E-state index contributed by atoms with van der Waals surface area (Å²) in [5, 5.41) is 10.9. The van der Waals surface area contributed by atoms with Crippen molar-refractivity contribution in [3.05, 3.63) is 54.3 Å². The van der Waals surface area contributed by atoms with Gasteiger partial charge in [0.2, 0.25) is 0 Å². The summed E-state index contributed by atoms with van der Waals surface area (Å²) in [5.74, 6) is 1.20. The van der Waals surface area contributed by atoms with Gasteiger partial charge in [-0.3, -0.25) is 0 Å². The van der Waals surface area contributed by atoms with Crippen LogP contribution >= 0.6 is 0 Å². The molecule has 3 rings (SSSR count). The highest BCUT2D eigenvalue weighted by molar-refractivity contribution is 5.85. The maximum atomic E-state index is 9.82. The Morgan fingerprint density at radius 1 is 1.00 bits per heavy atom. The molecule has 0 aliphatic carbocycles. The van der Waals surface area contributed by atoms with E-state index in [2.05, 4.69) is 0 Å². The molecule has 2 heteroatoms. The van der Waals surface area contributed by atoms with E-state index in [-0.39, 0.29) is 0 Å². The number of aromatic hydroxyl groups is 1. The fourth-order valence-electron chi connectivity index (χ4n) is 2.06. The van der Waals surface area contributed by atoms with Gasteiger partial charge >= 0.3 is 0 Å². The predicted molar refractivity (Wildman–Crippen MR) is 68.1 cm³/mol. The summed E-state index contributed by atoms with van der Waals surface area (Å²) < 4.78 is 5.53. The molecule has 0 atom stereocenters. The van der Waals surface area contributed by atoms with Gasteiger partial charge in [-0.1, -0.05) is 24.3 Å². The normalized spacial score (nSPS) is 10.9. The van der Waals surface area contributed by atoms with Crippen LogP contribution in [-0.2, 0) is 0 Å². The van der Waals surface area contributed by atoms with Crippen molar-refractivity contribution in [1.29, 1.82) is 0 Å². The lowest BCUT2D eigenvalue weighted by Crippen LogP contribution is -1.78. The van der Waals surface area contributed by atoms with E-state index >= 15 is 0 Å². The Kier molecular flexibility index (Phi) is 2.15. The molecule has 1 heterocycles. The molecule has 0 aliphatic rings. The minimum atomic E-state index is 0.298. The van der Waals surface area contributed by atoms with Crippen molar-refractivity contribution in [3.63, 3.8) is 0 Å². The zero-order valence-electron chi connectivity index (χ0n) is 9.47. The van der Waals surface area contributed by atoms with Crippen LogP contribution in [0.2, 0.25) is 0 Å². The number of phenolic OH excluding ortho intramolecular Hbond substituents is 1. The summed E-state index contributed by atoms with van der Waals surface area (Å²) in [7, 11) is 0. The number of aryl methyl sites for hydroxylation is 1. The highest BCUT2D eigenvalue weighted by atomic mass is 16.3. The average Bonchev–Trinajstić information content (AvgIpc) is 2.68. The van der Waals surface area contributed by atoms with Gasteiger partial charge in [-0.05, 0) is 36.8 Å². The Balaban J connectivity index is 2.21. The molecule has 17 heavy (non-hydrogen) atoms. The molecule has 1 aromatic heterocycles. The predicted octanol–water partition coefficient (Wildman–Crippen LogP) is 4.11. The van der Waals surface area contributed by atoms with Gasteiger partial charge in [0.05, 0.1) is 0 Å². The molecule has 0 spiro atoms. The molecule has 0 aliphatic heterocycles. The van der Waals surface area contributed by atoms with Crippen LogP contribution in [0.15, 0.2) is 52.9 Å². The number of benzene rings is 2. The molecular weight excluding hydrogens is 212 g/mol. The molecule has 0 radical (unpaired) electrons. The molecule has 0 saturated heterocycles. The average molecular weight is 224 g/mol. The maximum absolute atomic E-state index is 9.82. The lowest BCUT2D eigenvalue weighted by Gasteiger charge is -2.03. The lowest BCUT2D eigenvalue weighted by atomic mass is 10.0. The first kappa shape index (κ1) is 9.97. The minimum Gasteiger partial charge on any atom is -0.507 e. The van der Waals surface area contributed by atoms with E-state index in [1.165, 1.54) is 0 Å². The number of hydrogen-bond acceptors (Lipinski definition) is 2. The van der Waals surface area contributed by atoms with Gasteiger partial charge in [-0.15, -0.1) is 0 Å². The molecule has 84 valence electrons. The summed E-state index contributed by atoms with van der Waals surface area (Å²) in [6.45, 7) is 1.93. The first-order valence-electron chi connectivity index (χ1n) is 5.52. The second-order valence-corrected chi connectivity index (χ2v) is 4.13. The third-order valence-electron chi connectivity index (χ3n) is 2.85. The van der Waals surface area contributed by atoms with Crippen molar-refractivity contribution in [2.45, 2.75) is 6.92 Å². The second kappa shape index (κ2) is 3.67. The molecule has 0 fully saturated rings. The smallest absolute Gasteiger partial charge is 0.134 e. The first-order valence-corrected chi connectivity index (χ1v) is 5.52. The van der Waals surface area contributed by atoms with Crippen molar-refractivity contribution in [2.24, 2.45) is 0 Å². The molecule has 0 bridgehead atoms. The highest BCUT2D eigenvalue weighted by Gasteiger charge is 2.06. The van der Waals surface area contributed by atoms with Crippen LogP contribution in [0.5, 0.6) is 5.75 Å². The Labute approximate surface area is 99.1 Å². The van der Waals surface area contributed by atoms with Crippen LogP contribution in [0.3, 0.4) is 0 Å². The molecule has 0 unspecified atom stereocenters. The van der Waals surface area contributed by atoms with Gasteiger partial charge in [-0.25, -0.2) is 0 Å². The summed E-state index contributed by atoms with van der Waals surface area (Å²) in [4.78, 5) is 0. The number of hydrogen-bond donors (Lipinski definition) is 1. The van der Waals surface area contributed by atoms with E-state index in [1.54, 1.807) is 6.07 Å². The van der Waals surface area contributed by atoms with Crippen LogP contribution in [0.4, 0.5) is 0 Å². The van der Waals surface area contributed by atoms with E-state index in [1.807, 2.05) is 49.4 Å². The fourth-order valence-corrected chi connectivity index (χ4v) is 2.06. The number of phenols is 1. The molecular formula is C15H12O2. The third-order valence-corrected chi connectivity index (χ3v) is 2.85. The van der Waals surface area contributed by atoms with E-state index < -0.39 is 0 Å². The lowest BCUT2D eigenvalue weighted by molar-refractivity contribution is 0.477. The van der Waals surface area contributed by atoms with Crippen LogP contribution < -0.4 is 0 Å². The minimum absolute atomic E-state index is 0.298. The molecule has 0 amide bonds. The SMILES string of the molecule is Cc1cc2cc(-c3ccccc3O)ccc2o1. The molecule has 2 aromatic carbocycles. The quantitative estimate of drug-likeness (QED) is 0.674. The standard InChI is InChI=1S/C15H12O2/c1-10-8-12-9-11(6-7-15(12)17-10)13-4-2-3-5-14(13)16/h2-9,16H,1H3. The fraction of sp³-hybridized carbons (Fsp3) is 0.0667. The van der Waals surface area contributed by atoms with E-state index in [0.29, 0.717) is 5.75 Å². The highest BCUT2D eigenvalue weighted by Crippen LogP contribution is 2.31. The van der Waals surface area contributed by atoms with Crippen molar-refractivity contribution in [1.82, 2.24) is 0 Å². The van der Waals surface area contributed by atoms with Crippen LogP contribution in [-0.4, -0.2) is 5.11 Å². The molecule has 2 nitrogen and oxygen atoms in total. The van der Waals surface area contributed by atoms with Crippen LogP contribution in [0, 0.1) is 6.92 Å². The summed E-state index contributed by atoms with van der Waals surface area (Å²) in [6.07, 6.45) is 0. The number of para-hydroxylation sites is 1. The maximum Gasteiger partial charge on any atom is 0.134 e. The van der Waals surface area contributed by atoms with Crippen molar-refractivity contribution in [3.8, 4) is 16.9 Å². The topological polar surface area (TPSA) is 33.4 Å². The molecule has 0 saturated carbocycles. The summed E-state index contributed by atoms with van der Waals surface area (Å²) in [6, 6.07) is 15.3. The van der Waals surface area contributed by atoms with Gasteiger partial charge in [0.15, 0.2) is 0 Å². The van der Waals surface area contributed by atoms with Crippen molar-refractivity contribution >= 4 is 11.0 Å². The Morgan fingerprint density at radius 2 is 1.82 bits per heavy atom. The molecule has 3 aromatic rings. The summed E-state index contributed by atoms with van der Waals surface area (Å²) >= 11 is 0. The summed E-state index contributed by atoms with van der Waals surface area (Å²) in [5.41, 5.74) is 2.71. The van der Waals surface area contributed by atoms with Gasteiger partial charge in [-0.2, -0.15) is 0 Å². The van der Waals surface area contributed by atoms with Gasteiger partial charge in [0.1, 0.15) is 17.1 Å². The van der Waals surface area contributed by atoms with Crippen molar-refractivity contribution < 1.29 is 9.52 Å². The van der Waals surface area contributed by atoms with E-state index in [4.69, 9.17) is 4.42 Å². The van der Waals surface area contributed by atoms with E-state index in [0.717, 1.165) is 27.9 Å². The van der Waals surface area contributed by atoms with Crippen LogP contribution in [0.25, 0.3) is 22.1 Å². The van der Waals surface area contributed by atoms with Gasteiger partial charge in [0, 0.05) is 10.9 Å². The van der Waals surface area contributed by atoms with Gasteiger partial charge in [0.25, 0.3) is 0 Å². The first-order chi connectivity index (χ1) is 8.24. The number of furan rings is 1. The van der Waals surface area contributed by atoms with E-state index in [9.17, 15) is 5.11 Å². The number of rotatable bonds is 1. The zero-order valence-corrected chi connectivity index (χ0v) is 9.47. The number of fused-ring (bicyclic) bond motifs is 1. The Bertz CT molecular complexity index is 680.